The van der Waals surface area contributed by atoms with Gasteiger partial charge in [0.05, 0.1) is 6.26 Å². The van der Waals surface area contributed by atoms with E-state index in [9.17, 15) is 0 Å². The van der Waals surface area contributed by atoms with Crippen molar-refractivity contribution in [3.05, 3.63) is 58.0 Å². The Bertz CT molecular complexity index is 493. The van der Waals surface area contributed by atoms with Crippen LogP contribution < -0.4 is 5.32 Å². The highest BCUT2D eigenvalue weighted by Gasteiger charge is 2.13. The highest BCUT2D eigenvalue weighted by molar-refractivity contribution is 9.10. The Labute approximate surface area is 117 Å². The quantitative estimate of drug-likeness (QED) is 0.893. The summed E-state index contributed by atoms with van der Waals surface area (Å²) >= 11 is 3.54. The third-order valence-electron chi connectivity index (χ3n) is 3.02. The minimum absolute atomic E-state index is 0.299. The number of furan rings is 1. The molecule has 0 radical (unpaired) electrons. The van der Waals surface area contributed by atoms with Crippen molar-refractivity contribution >= 4 is 15.9 Å². The van der Waals surface area contributed by atoms with Gasteiger partial charge >= 0.3 is 0 Å². The van der Waals surface area contributed by atoms with Crippen LogP contribution in [-0.2, 0) is 6.42 Å². The third kappa shape index (κ3) is 3.24. The Kier molecular flexibility index (Phi) is 4.61. The fourth-order valence-electron chi connectivity index (χ4n) is 2.07. The van der Waals surface area contributed by atoms with Gasteiger partial charge in [-0.1, -0.05) is 35.0 Å². The molecule has 18 heavy (non-hydrogen) atoms. The molecule has 0 fully saturated rings. The van der Waals surface area contributed by atoms with Gasteiger partial charge in [-0.3, -0.25) is 0 Å². The maximum absolute atomic E-state index is 5.44. The van der Waals surface area contributed by atoms with Crippen LogP contribution in [0, 0.1) is 6.92 Å². The first-order valence-corrected chi connectivity index (χ1v) is 7.01. The van der Waals surface area contributed by atoms with E-state index in [0.29, 0.717) is 6.04 Å². The largest absolute Gasteiger partial charge is 0.469 e. The van der Waals surface area contributed by atoms with Crippen molar-refractivity contribution in [2.45, 2.75) is 26.3 Å². The fourth-order valence-corrected chi connectivity index (χ4v) is 2.32. The van der Waals surface area contributed by atoms with Gasteiger partial charge in [0.15, 0.2) is 0 Å². The van der Waals surface area contributed by atoms with Gasteiger partial charge < -0.3 is 9.73 Å². The number of nitrogens with one attached hydrogen (secondary N) is 1. The molecule has 0 saturated heterocycles. The lowest BCUT2D eigenvalue weighted by atomic mass is 10.0. The number of likely N-dealkylation sites (N-methyl/N-ethyl adjacent to an activating group) is 1. The molecule has 1 N–H and O–H groups in total. The average molecular weight is 308 g/mol. The molecule has 1 unspecified atom stereocenters. The molecule has 0 aliphatic heterocycles. The highest BCUT2D eigenvalue weighted by Crippen LogP contribution is 2.24. The van der Waals surface area contributed by atoms with E-state index in [0.717, 1.165) is 23.2 Å². The van der Waals surface area contributed by atoms with Crippen LogP contribution in [0.4, 0.5) is 0 Å². The summed E-state index contributed by atoms with van der Waals surface area (Å²) in [7, 11) is 0. The van der Waals surface area contributed by atoms with Gasteiger partial charge in [-0.25, -0.2) is 0 Å². The molecule has 1 aromatic carbocycles. The van der Waals surface area contributed by atoms with Gasteiger partial charge in [0.2, 0.25) is 0 Å². The van der Waals surface area contributed by atoms with Crippen LogP contribution >= 0.6 is 15.9 Å². The number of hydrogen-bond acceptors (Lipinski definition) is 2. The molecule has 1 heterocycles. The lowest BCUT2D eigenvalue weighted by molar-refractivity contribution is 0.455. The number of aryl methyl sites for hydroxylation is 1. The van der Waals surface area contributed by atoms with Gasteiger partial charge in [-0.2, -0.15) is 0 Å². The molecule has 0 saturated carbocycles. The van der Waals surface area contributed by atoms with Crippen LogP contribution in [0.25, 0.3) is 0 Å². The standard InChI is InChI=1S/C15H18BrNO/c1-3-17-15(10-13-5-4-8-18-13)12-6-7-14(16)11(2)9-12/h4-9,15,17H,3,10H2,1-2H3. The molecule has 2 aromatic rings. The first kappa shape index (κ1) is 13.4. The second-order valence-electron chi connectivity index (χ2n) is 4.40. The van der Waals surface area contributed by atoms with Crippen LogP contribution in [-0.4, -0.2) is 6.54 Å². The van der Waals surface area contributed by atoms with E-state index < -0.39 is 0 Å². The zero-order valence-corrected chi connectivity index (χ0v) is 12.3. The van der Waals surface area contributed by atoms with Gasteiger partial charge in [-0.15, -0.1) is 0 Å². The molecule has 0 spiro atoms. The summed E-state index contributed by atoms with van der Waals surface area (Å²) in [6.45, 7) is 5.19. The average Bonchev–Trinajstić information content (AvgIpc) is 2.85. The molecular weight excluding hydrogens is 290 g/mol. The molecule has 1 atom stereocenters. The highest BCUT2D eigenvalue weighted by atomic mass is 79.9. The van der Waals surface area contributed by atoms with Crippen molar-refractivity contribution in [3.8, 4) is 0 Å². The van der Waals surface area contributed by atoms with E-state index in [4.69, 9.17) is 4.42 Å². The topological polar surface area (TPSA) is 25.2 Å². The molecule has 1 aromatic heterocycles. The van der Waals surface area contributed by atoms with Crippen LogP contribution in [0.2, 0.25) is 0 Å². The maximum Gasteiger partial charge on any atom is 0.105 e. The Hall–Kier alpha value is -1.06. The van der Waals surface area contributed by atoms with Crippen LogP contribution in [0.1, 0.15) is 29.9 Å². The van der Waals surface area contributed by atoms with Crippen LogP contribution in [0.15, 0.2) is 45.5 Å². The maximum atomic E-state index is 5.44. The second kappa shape index (κ2) is 6.21. The monoisotopic (exact) mass is 307 g/mol. The number of rotatable bonds is 5. The summed E-state index contributed by atoms with van der Waals surface area (Å²) in [6.07, 6.45) is 2.60. The van der Waals surface area contributed by atoms with Crippen molar-refractivity contribution in [1.82, 2.24) is 5.32 Å². The molecule has 0 aliphatic rings. The van der Waals surface area contributed by atoms with E-state index in [1.165, 1.54) is 11.1 Å². The molecule has 2 nitrogen and oxygen atoms in total. The normalized spacial score (nSPS) is 12.6. The zero-order valence-electron chi connectivity index (χ0n) is 10.7. The molecular formula is C15H18BrNO. The smallest absolute Gasteiger partial charge is 0.105 e. The van der Waals surface area contributed by atoms with Gasteiger partial charge in [0, 0.05) is 16.9 Å². The van der Waals surface area contributed by atoms with Crippen molar-refractivity contribution in [1.29, 1.82) is 0 Å². The number of hydrogen-bond donors (Lipinski definition) is 1. The lowest BCUT2D eigenvalue weighted by Gasteiger charge is -2.18. The predicted octanol–water partition coefficient (Wildman–Crippen LogP) is 4.24. The minimum Gasteiger partial charge on any atom is -0.469 e. The van der Waals surface area contributed by atoms with E-state index in [2.05, 4.69) is 53.3 Å². The SMILES string of the molecule is CCNC(Cc1ccco1)c1ccc(Br)c(C)c1. The summed E-state index contributed by atoms with van der Waals surface area (Å²) in [5.41, 5.74) is 2.56. The van der Waals surface area contributed by atoms with Crippen LogP contribution in [0.5, 0.6) is 0 Å². The number of benzene rings is 1. The third-order valence-corrected chi connectivity index (χ3v) is 3.91. The Morgan fingerprint density at radius 3 is 2.78 bits per heavy atom. The summed E-state index contributed by atoms with van der Waals surface area (Å²) in [5.74, 6) is 1.02. The molecule has 0 amide bonds. The molecule has 2 rings (SSSR count). The van der Waals surface area contributed by atoms with Crippen molar-refractivity contribution in [3.63, 3.8) is 0 Å². The van der Waals surface area contributed by atoms with E-state index in [1.54, 1.807) is 6.26 Å². The van der Waals surface area contributed by atoms with E-state index >= 15 is 0 Å². The van der Waals surface area contributed by atoms with Crippen molar-refractivity contribution < 1.29 is 4.42 Å². The summed E-state index contributed by atoms with van der Waals surface area (Å²) < 4.78 is 6.59. The first-order chi connectivity index (χ1) is 8.70. The lowest BCUT2D eigenvalue weighted by Crippen LogP contribution is -2.22. The molecule has 0 aliphatic carbocycles. The zero-order chi connectivity index (χ0) is 13.0. The molecule has 3 heteroatoms. The van der Waals surface area contributed by atoms with Gasteiger partial charge in [-0.05, 0) is 42.8 Å². The Morgan fingerprint density at radius 1 is 1.33 bits per heavy atom. The Morgan fingerprint density at radius 2 is 2.17 bits per heavy atom. The first-order valence-electron chi connectivity index (χ1n) is 6.22. The summed E-state index contributed by atoms with van der Waals surface area (Å²) in [6, 6.07) is 10.7. The van der Waals surface area contributed by atoms with Gasteiger partial charge in [0.1, 0.15) is 5.76 Å². The summed E-state index contributed by atoms with van der Waals surface area (Å²) in [4.78, 5) is 0. The molecule has 0 bridgehead atoms. The van der Waals surface area contributed by atoms with E-state index in [1.807, 2.05) is 12.1 Å². The van der Waals surface area contributed by atoms with Crippen molar-refractivity contribution in [2.24, 2.45) is 0 Å². The predicted molar refractivity (Wildman–Crippen MR) is 77.7 cm³/mol. The van der Waals surface area contributed by atoms with Crippen molar-refractivity contribution in [2.75, 3.05) is 6.54 Å². The minimum atomic E-state index is 0.299. The summed E-state index contributed by atoms with van der Waals surface area (Å²) in [5, 5.41) is 3.51. The molecule has 96 valence electrons. The van der Waals surface area contributed by atoms with Crippen LogP contribution in [0.3, 0.4) is 0 Å². The van der Waals surface area contributed by atoms with E-state index in [-0.39, 0.29) is 0 Å². The Balaban J connectivity index is 2.20. The second-order valence-corrected chi connectivity index (χ2v) is 5.26. The number of halogens is 1. The fraction of sp³-hybridized carbons (Fsp3) is 0.333. The van der Waals surface area contributed by atoms with Gasteiger partial charge in [0.25, 0.3) is 0 Å².